The maximum atomic E-state index is 5.93. The van der Waals surface area contributed by atoms with Gasteiger partial charge in [-0.2, -0.15) is 0 Å². The fourth-order valence-electron chi connectivity index (χ4n) is 2.54. The maximum Gasteiger partial charge on any atom is 0.125 e. The van der Waals surface area contributed by atoms with Crippen LogP contribution in [0, 0.1) is 6.92 Å². The number of rotatable bonds is 3. The molecule has 2 heterocycles. The molecule has 1 aromatic rings. The highest BCUT2D eigenvalue weighted by molar-refractivity contribution is 5.12. The molecule has 1 aromatic heterocycles. The largest absolute Gasteiger partial charge is 0.373 e. The number of nitrogens with zero attached hydrogens (tertiary/aromatic N) is 3. The predicted molar refractivity (Wildman–Crippen MR) is 70.1 cm³/mol. The van der Waals surface area contributed by atoms with Gasteiger partial charge in [0.15, 0.2) is 0 Å². The first-order valence-corrected chi connectivity index (χ1v) is 6.48. The lowest BCUT2D eigenvalue weighted by molar-refractivity contribution is -0.0800. The summed E-state index contributed by atoms with van der Waals surface area (Å²) in [5.41, 5.74) is 7.01. The minimum absolute atomic E-state index is 0.180. The number of aryl methyl sites for hydroxylation is 1. The zero-order valence-corrected chi connectivity index (χ0v) is 11.3. The van der Waals surface area contributed by atoms with Gasteiger partial charge in [0, 0.05) is 37.6 Å². The monoisotopic (exact) mass is 250 g/mol. The number of hydrogen-bond donors (Lipinski definition) is 1. The molecule has 0 aliphatic carbocycles. The second-order valence-electron chi connectivity index (χ2n) is 5.03. The molecule has 0 saturated carbocycles. The Hall–Kier alpha value is -1.04. The summed E-state index contributed by atoms with van der Waals surface area (Å²) < 4.78 is 5.75. The molecule has 5 nitrogen and oxygen atoms in total. The van der Waals surface area contributed by atoms with E-state index in [1.165, 1.54) is 0 Å². The molecule has 0 radical (unpaired) electrons. The topological polar surface area (TPSA) is 64.3 Å². The minimum atomic E-state index is 0.180. The van der Waals surface area contributed by atoms with Crippen molar-refractivity contribution in [2.24, 2.45) is 5.73 Å². The van der Waals surface area contributed by atoms with Crippen molar-refractivity contribution in [1.29, 1.82) is 0 Å². The Bertz CT molecular complexity index is 371. The highest BCUT2D eigenvalue weighted by Gasteiger charge is 2.28. The van der Waals surface area contributed by atoms with E-state index in [2.05, 4.69) is 28.7 Å². The van der Waals surface area contributed by atoms with Gasteiger partial charge in [-0.3, -0.25) is 4.90 Å². The average molecular weight is 250 g/mol. The van der Waals surface area contributed by atoms with E-state index in [0.717, 1.165) is 24.5 Å². The molecule has 2 N–H and O–H groups in total. The van der Waals surface area contributed by atoms with E-state index in [0.29, 0.717) is 6.54 Å². The lowest BCUT2D eigenvalue weighted by atomic mass is 10.1. The molecule has 1 saturated heterocycles. The summed E-state index contributed by atoms with van der Waals surface area (Å²) in [4.78, 5) is 10.9. The van der Waals surface area contributed by atoms with E-state index in [9.17, 15) is 0 Å². The van der Waals surface area contributed by atoms with E-state index in [1.807, 2.05) is 19.3 Å². The lowest BCUT2D eigenvalue weighted by Gasteiger charge is -2.39. The Morgan fingerprint density at radius 1 is 1.33 bits per heavy atom. The zero-order valence-electron chi connectivity index (χ0n) is 11.3. The number of nitrogens with two attached hydrogens (primary N) is 1. The fourth-order valence-corrected chi connectivity index (χ4v) is 2.54. The third kappa shape index (κ3) is 3.04. The average Bonchev–Trinajstić information content (AvgIpc) is 2.31. The van der Waals surface area contributed by atoms with Crippen LogP contribution in [0.4, 0.5) is 0 Å². The van der Waals surface area contributed by atoms with Gasteiger partial charge in [0.2, 0.25) is 0 Å². The Morgan fingerprint density at radius 2 is 1.89 bits per heavy atom. The quantitative estimate of drug-likeness (QED) is 0.863. The van der Waals surface area contributed by atoms with E-state index in [1.54, 1.807) is 0 Å². The smallest absolute Gasteiger partial charge is 0.125 e. The molecule has 0 aromatic carbocycles. The van der Waals surface area contributed by atoms with Crippen LogP contribution >= 0.6 is 0 Å². The van der Waals surface area contributed by atoms with E-state index >= 15 is 0 Å². The van der Waals surface area contributed by atoms with Crippen LogP contribution in [-0.4, -0.2) is 46.7 Å². The predicted octanol–water partition coefficient (Wildman–Crippen LogP) is 0.894. The molecule has 0 spiro atoms. The molecule has 1 fully saturated rings. The van der Waals surface area contributed by atoms with Crippen molar-refractivity contribution in [3.8, 4) is 0 Å². The Morgan fingerprint density at radius 3 is 2.39 bits per heavy atom. The summed E-state index contributed by atoms with van der Waals surface area (Å²) in [7, 11) is 0. The molecule has 1 unspecified atom stereocenters. The highest BCUT2D eigenvalue weighted by atomic mass is 16.5. The molecule has 18 heavy (non-hydrogen) atoms. The first-order chi connectivity index (χ1) is 8.60. The molecule has 1 aliphatic heterocycles. The molecule has 100 valence electrons. The van der Waals surface area contributed by atoms with Crippen molar-refractivity contribution in [1.82, 2.24) is 14.9 Å². The summed E-state index contributed by atoms with van der Waals surface area (Å²) in [6.45, 7) is 8.47. The van der Waals surface area contributed by atoms with E-state index < -0.39 is 0 Å². The van der Waals surface area contributed by atoms with Crippen LogP contribution in [-0.2, 0) is 4.74 Å². The summed E-state index contributed by atoms with van der Waals surface area (Å²) >= 11 is 0. The molecule has 5 heteroatoms. The van der Waals surface area contributed by atoms with Crippen molar-refractivity contribution in [2.75, 3.05) is 19.6 Å². The van der Waals surface area contributed by atoms with E-state index in [4.69, 9.17) is 10.5 Å². The summed E-state index contributed by atoms with van der Waals surface area (Å²) in [5.74, 6) is 0.790. The first kappa shape index (κ1) is 13.4. The SMILES string of the molecule is Cc1ncc(C(CN)N2C[C@H](C)O[C@@H](C)C2)cn1. The third-order valence-electron chi connectivity index (χ3n) is 3.30. The first-order valence-electron chi connectivity index (χ1n) is 6.48. The summed E-state index contributed by atoms with van der Waals surface area (Å²) in [6.07, 6.45) is 4.25. The molecular formula is C13H22N4O. The highest BCUT2D eigenvalue weighted by Crippen LogP contribution is 2.23. The van der Waals surface area contributed by atoms with E-state index in [-0.39, 0.29) is 18.2 Å². The molecule has 2 rings (SSSR count). The molecular weight excluding hydrogens is 228 g/mol. The van der Waals surface area contributed by atoms with Gasteiger partial charge < -0.3 is 10.5 Å². The van der Waals surface area contributed by atoms with Gasteiger partial charge in [-0.1, -0.05) is 0 Å². The molecule has 1 aliphatic rings. The van der Waals surface area contributed by atoms with Crippen molar-refractivity contribution in [3.63, 3.8) is 0 Å². The minimum Gasteiger partial charge on any atom is -0.373 e. The van der Waals surface area contributed by atoms with Crippen LogP contribution in [0.1, 0.15) is 31.3 Å². The summed E-state index contributed by atoms with van der Waals surface area (Å²) in [6, 6.07) is 0.180. The van der Waals surface area contributed by atoms with Gasteiger partial charge in [-0.25, -0.2) is 9.97 Å². The Labute approximate surface area is 108 Å². The molecule has 0 amide bonds. The van der Waals surface area contributed by atoms with Gasteiger partial charge in [0.1, 0.15) is 5.82 Å². The summed E-state index contributed by atoms with van der Waals surface area (Å²) in [5, 5.41) is 0. The number of morpholine rings is 1. The van der Waals surface area contributed by atoms with Gasteiger partial charge in [-0.05, 0) is 20.8 Å². The van der Waals surface area contributed by atoms with Crippen molar-refractivity contribution in [2.45, 2.75) is 39.0 Å². The van der Waals surface area contributed by atoms with Gasteiger partial charge in [-0.15, -0.1) is 0 Å². The van der Waals surface area contributed by atoms with Crippen LogP contribution in [0.2, 0.25) is 0 Å². The molecule has 0 bridgehead atoms. The number of hydrogen-bond acceptors (Lipinski definition) is 5. The maximum absolute atomic E-state index is 5.93. The number of aromatic nitrogens is 2. The van der Waals surface area contributed by atoms with Gasteiger partial charge in [0.05, 0.1) is 18.2 Å². The van der Waals surface area contributed by atoms with Crippen LogP contribution in [0.25, 0.3) is 0 Å². The lowest BCUT2D eigenvalue weighted by Crippen LogP contribution is -2.48. The third-order valence-corrected chi connectivity index (χ3v) is 3.30. The van der Waals surface area contributed by atoms with Crippen molar-refractivity contribution < 1.29 is 4.74 Å². The van der Waals surface area contributed by atoms with Crippen LogP contribution in [0.15, 0.2) is 12.4 Å². The van der Waals surface area contributed by atoms with Crippen LogP contribution < -0.4 is 5.73 Å². The molecule has 3 atom stereocenters. The van der Waals surface area contributed by atoms with Gasteiger partial charge >= 0.3 is 0 Å². The standard InChI is InChI=1S/C13H22N4O/c1-9-7-17(8-10(2)18-9)13(4-14)12-5-15-11(3)16-6-12/h5-6,9-10,13H,4,7-8,14H2,1-3H3/t9-,10-,13?/m0/s1. The van der Waals surface area contributed by atoms with Crippen LogP contribution in [0.3, 0.4) is 0 Å². The van der Waals surface area contributed by atoms with Gasteiger partial charge in [0.25, 0.3) is 0 Å². The second-order valence-corrected chi connectivity index (χ2v) is 5.03. The Balaban J connectivity index is 2.14. The zero-order chi connectivity index (χ0) is 13.1. The second kappa shape index (κ2) is 5.73. The van der Waals surface area contributed by atoms with Crippen molar-refractivity contribution >= 4 is 0 Å². The normalized spacial score (nSPS) is 27.1. The van der Waals surface area contributed by atoms with Crippen LogP contribution in [0.5, 0.6) is 0 Å². The Kier molecular flexibility index (Phi) is 4.27. The number of ether oxygens (including phenoxy) is 1. The van der Waals surface area contributed by atoms with Crippen molar-refractivity contribution in [3.05, 3.63) is 23.8 Å². The fraction of sp³-hybridized carbons (Fsp3) is 0.692.